The van der Waals surface area contributed by atoms with Gasteiger partial charge in [0.15, 0.2) is 0 Å². The Bertz CT molecular complexity index is 507. The lowest BCUT2D eigenvalue weighted by Crippen LogP contribution is -2.40. The van der Waals surface area contributed by atoms with Gasteiger partial charge in [0.2, 0.25) is 10.5 Å². The molecule has 0 aliphatic heterocycles. The van der Waals surface area contributed by atoms with Crippen LogP contribution in [0.2, 0.25) is 0 Å². The topological polar surface area (TPSA) is 9.23 Å². The van der Waals surface area contributed by atoms with Gasteiger partial charge in [0.1, 0.15) is 5.60 Å². The summed E-state index contributed by atoms with van der Waals surface area (Å²) in [5.41, 5.74) is 2.08. The lowest BCUT2D eigenvalue weighted by Gasteiger charge is -2.43. The van der Waals surface area contributed by atoms with Crippen molar-refractivity contribution >= 4 is 10.5 Å². The lowest BCUT2D eigenvalue weighted by atomic mass is 9.70. The fraction of sp³-hybridized carbons (Fsp3) is 0.368. The van der Waals surface area contributed by atoms with Crippen LogP contribution >= 0.6 is 0 Å². The first-order valence-electron chi connectivity index (χ1n) is 7.83. The average molecular weight is 293 g/mol. The summed E-state index contributed by atoms with van der Waals surface area (Å²) in [6.07, 6.45) is 6.36. The van der Waals surface area contributed by atoms with Gasteiger partial charge < -0.3 is 4.43 Å². The fourth-order valence-corrected chi connectivity index (χ4v) is 4.12. The maximum Gasteiger partial charge on any atom is 0.248 e. The van der Waals surface area contributed by atoms with Gasteiger partial charge in [-0.2, -0.15) is 0 Å². The van der Waals surface area contributed by atoms with Crippen molar-refractivity contribution in [1.29, 1.82) is 0 Å². The van der Waals surface area contributed by atoms with Crippen molar-refractivity contribution < 1.29 is 4.43 Å². The third-order valence-corrected chi connectivity index (χ3v) is 5.07. The third kappa shape index (κ3) is 2.70. The molecule has 2 aromatic rings. The fourth-order valence-electron chi connectivity index (χ4n) is 3.72. The van der Waals surface area contributed by atoms with E-state index in [9.17, 15) is 0 Å². The van der Waals surface area contributed by atoms with Crippen molar-refractivity contribution in [3.63, 3.8) is 0 Å². The molecule has 1 saturated carbocycles. The first-order chi connectivity index (χ1) is 10.4. The van der Waals surface area contributed by atoms with E-state index in [1.165, 1.54) is 43.2 Å². The highest BCUT2D eigenvalue weighted by Gasteiger charge is 2.42. The summed E-state index contributed by atoms with van der Waals surface area (Å²) in [6, 6.07) is 21.2. The van der Waals surface area contributed by atoms with E-state index in [2.05, 4.69) is 71.1 Å². The molecule has 3 radical (unpaired) electrons. The van der Waals surface area contributed by atoms with E-state index < -0.39 is 0 Å². The summed E-state index contributed by atoms with van der Waals surface area (Å²) < 4.78 is 6.06. The van der Waals surface area contributed by atoms with Crippen LogP contribution in [0.4, 0.5) is 0 Å². The van der Waals surface area contributed by atoms with Gasteiger partial charge in [0.05, 0.1) is 0 Å². The Hall–Kier alpha value is -1.38. The summed E-state index contributed by atoms with van der Waals surface area (Å²) in [5, 5.41) is 0. The number of rotatable bonds is 4. The van der Waals surface area contributed by atoms with Gasteiger partial charge in [-0.25, -0.2) is 0 Å². The van der Waals surface area contributed by atoms with E-state index in [1.54, 1.807) is 0 Å². The predicted molar refractivity (Wildman–Crippen MR) is 87.1 cm³/mol. The third-order valence-electron chi connectivity index (χ3n) is 4.75. The van der Waals surface area contributed by atoms with Crippen molar-refractivity contribution in [2.45, 2.75) is 37.7 Å². The number of hydrogen-bond acceptors (Lipinski definition) is 1. The molecule has 0 aromatic heterocycles. The van der Waals surface area contributed by atoms with Crippen LogP contribution in [0, 0.1) is 5.92 Å². The first-order valence-corrected chi connectivity index (χ1v) is 8.24. The molecule has 0 saturated heterocycles. The molecule has 0 N–H and O–H groups in total. The Labute approximate surface area is 130 Å². The summed E-state index contributed by atoms with van der Waals surface area (Å²) in [6.45, 7) is 0. The summed E-state index contributed by atoms with van der Waals surface area (Å²) in [5.74, 6) is 0.508. The monoisotopic (exact) mass is 293 g/mol. The molecule has 0 unspecified atom stereocenters. The minimum absolute atomic E-state index is 0.389. The van der Waals surface area contributed by atoms with Crippen LogP contribution in [0.3, 0.4) is 0 Å². The quantitative estimate of drug-likeness (QED) is 0.748. The Kier molecular flexibility index (Phi) is 4.56. The minimum Gasteiger partial charge on any atom is -0.405 e. The molecule has 0 amide bonds. The molecule has 2 aromatic carbocycles. The molecule has 3 rings (SSSR count). The molecular weight excluding hydrogens is 272 g/mol. The van der Waals surface area contributed by atoms with Crippen LogP contribution in [0.5, 0.6) is 0 Å². The maximum atomic E-state index is 6.06. The molecule has 107 valence electrons. The second-order valence-corrected chi connectivity index (χ2v) is 6.11. The average Bonchev–Trinajstić information content (AvgIpc) is 2.59. The van der Waals surface area contributed by atoms with Crippen molar-refractivity contribution in [1.82, 2.24) is 0 Å². The Morgan fingerprint density at radius 2 is 1.24 bits per heavy atom. The van der Waals surface area contributed by atoms with Gasteiger partial charge in [0, 0.05) is 0 Å². The Morgan fingerprint density at radius 1 is 0.762 bits per heavy atom. The Morgan fingerprint density at radius 3 is 1.67 bits per heavy atom. The molecule has 1 aliphatic carbocycles. The maximum absolute atomic E-state index is 6.06. The van der Waals surface area contributed by atoms with Crippen LogP contribution in [0.1, 0.15) is 43.2 Å². The number of hydrogen-bond donors (Lipinski definition) is 0. The molecule has 2 heteroatoms. The molecule has 1 fully saturated rings. The normalized spacial score (nSPS) is 16.8. The standard InChI is InChI=1S/C19H21OSi/c21-20-19(16-10-4-1-5-11-16,17-12-6-2-7-13-17)18-14-8-3-9-15-18/h1-2,4-7,10-13,18H,3,8-9,14-15H2. The lowest BCUT2D eigenvalue weighted by molar-refractivity contribution is 0.0324. The summed E-state index contributed by atoms with van der Waals surface area (Å²) >= 11 is 0. The van der Waals surface area contributed by atoms with Crippen molar-refractivity contribution in [3.8, 4) is 0 Å². The minimum atomic E-state index is -0.389. The van der Waals surface area contributed by atoms with Crippen LogP contribution in [0.15, 0.2) is 60.7 Å². The second-order valence-electron chi connectivity index (χ2n) is 5.90. The van der Waals surface area contributed by atoms with Gasteiger partial charge in [-0.05, 0) is 29.9 Å². The second kappa shape index (κ2) is 6.59. The Balaban J connectivity index is 2.12. The van der Waals surface area contributed by atoms with E-state index in [4.69, 9.17) is 4.43 Å². The largest absolute Gasteiger partial charge is 0.405 e. The molecule has 0 bridgehead atoms. The SMILES string of the molecule is [Si]OC(c1ccccc1)(c1ccccc1)C1CCCCC1. The molecular formula is C19H21OSi. The zero-order valence-corrected chi connectivity index (χ0v) is 13.3. The van der Waals surface area contributed by atoms with E-state index in [0.29, 0.717) is 5.92 Å². The molecule has 0 atom stereocenters. The van der Waals surface area contributed by atoms with E-state index in [-0.39, 0.29) is 5.60 Å². The molecule has 1 aliphatic rings. The van der Waals surface area contributed by atoms with Crippen LogP contribution < -0.4 is 0 Å². The highest BCUT2D eigenvalue weighted by Crippen LogP contribution is 2.46. The molecule has 0 heterocycles. The summed E-state index contributed by atoms with van der Waals surface area (Å²) in [7, 11) is 3.44. The smallest absolute Gasteiger partial charge is 0.248 e. The van der Waals surface area contributed by atoms with E-state index >= 15 is 0 Å². The van der Waals surface area contributed by atoms with Crippen molar-refractivity contribution in [2.75, 3.05) is 0 Å². The van der Waals surface area contributed by atoms with Crippen LogP contribution in [0.25, 0.3) is 0 Å². The van der Waals surface area contributed by atoms with Crippen molar-refractivity contribution in [3.05, 3.63) is 71.8 Å². The first kappa shape index (κ1) is 14.5. The van der Waals surface area contributed by atoms with Gasteiger partial charge in [0.25, 0.3) is 0 Å². The van der Waals surface area contributed by atoms with Gasteiger partial charge in [-0.15, -0.1) is 0 Å². The van der Waals surface area contributed by atoms with Crippen molar-refractivity contribution in [2.24, 2.45) is 5.92 Å². The van der Waals surface area contributed by atoms with Gasteiger partial charge in [-0.3, -0.25) is 0 Å². The van der Waals surface area contributed by atoms with Crippen LogP contribution in [-0.4, -0.2) is 10.5 Å². The van der Waals surface area contributed by atoms with E-state index in [1.807, 2.05) is 0 Å². The highest BCUT2D eigenvalue weighted by atomic mass is 28.2. The zero-order valence-electron chi connectivity index (χ0n) is 12.3. The summed E-state index contributed by atoms with van der Waals surface area (Å²) in [4.78, 5) is 0. The number of benzene rings is 2. The van der Waals surface area contributed by atoms with Gasteiger partial charge in [-0.1, -0.05) is 79.9 Å². The molecule has 21 heavy (non-hydrogen) atoms. The van der Waals surface area contributed by atoms with Gasteiger partial charge >= 0.3 is 0 Å². The highest BCUT2D eigenvalue weighted by molar-refractivity contribution is 5.98. The predicted octanol–water partition coefficient (Wildman–Crippen LogP) is 4.61. The molecule has 0 spiro atoms. The van der Waals surface area contributed by atoms with E-state index in [0.717, 1.165) is 0 Å². The van der Waals surface area contributed by atoms with Crippen LogP contribution in [-0.2, 0) is 10.0 Å². The molecule has 1 nitrogen and oxygen atoms in total. The zero-order chi connectivity index (χ0) is 14.5.